The standard InChI is InChI=1S/C17H14ClN3O2/c1-23-14-8-4-11(5-9-14)15-10-16(21-20-15)19-17(22)12-2-6-13(18)7-3-12/h2-10H,1H3,(H2,19,20,21,22). The van der Waals surface area contributed by atoms with Crippen LogP contribution < -0.4 is 10.1 Å². The third-order valence-corrected chi connectivity index (χ3v) is 3.58. The predicted molar refractivity (Wildman–Crippen MR) is 90.0 cm³/mol. The Morgan fingerprint density at radius 3 is 2.48 bits per heavy atom. The molecule has 0 aliphatic rings. The van der Waals surface area contributed by atoms with E-state index in [9.17, 15) is 4.79 Å². The molecule has 3 aromatic rings. The van der Waals surface area contributed by atoms with Crippen molar-refractivity contribution >= 4 is 23.3 Å². The molecule has 0 atom stereocenters. The Hall–Kier alpha value is -2.79. The zero-order chi connectivity index (χ0) is 16.2. The highest BCUT2D eigenvalue weighted by molar-refractivity contribution is 6.30. The largest absolute Gasteiger partial charge is 0.497 e. The van der Waals surface area contributed by atoms with Crippen molar-refractivity contribution in [1.29, 1.82) is 0 Å². The second kappa shape index (κ2) is 6.54. The molecule has 0 spiro atoms. The molecule has 2 aromatic carbocycles. The molecule has 0 aliphatic carbocycles. The van der Waals surface area contributed by atoms with Crippen molar-refractivity contribution in [3.05, 3.63) is 65.2 Å². The van der Waals surface area contributed by atoms with Gasteiger partial charge in [0.1, 0.15) is 5.75 Å². The van der Waals surface area contributed by atoms with Gasteiger partial charge in [-0.1, -0.05) is 11.6 Å². The molecule has 0 radical (unpaired) electrons. The van der Waals surface area contributed by atoms with E-state index in [2.05, 4.69) is 15.5 Å². The average Bonchev–Trinajstić information content (AvgIpc) is 3.04. The summed E-state index contributed by atoms with van der Waals surface area (Å²) in [5, 5.41) is 10.3. The van der Waals surface area contributed by atoms with Crippen LogP contribution in [0.2, 0.25) is 5.02 Å². The van der Waals surface area contributed by atoms with E-state index in [4.69, 9.17) is 16.3 Å². The molecule has 3 rings (SSSR count). The number of ether oxygens (including phenoxy) is 1. The summed E-state index contributed by atoms with van der Waals surface area (Å²) in [6.07, 6.45) is 0. The monoisotopic (exact) mass is 327 g/mol. The van der Waals surface area contributed by atoms with Crippen LogP contribution in [0, 0.1) is 0 Å². The first kappa shape index (κ1) is 15.1. The van der Waals surface area contributed by atoms with E-state index in [1.165, 1.54) is 0 Å². The number of carbonyl (C=O) groups is 1. The van der Waals surface area contributed by atoms with Crippen LogP contribution in [0.5, 0.6) is 5.75 Å². The Morgan fingerprint density at radius 2 is 1.83 bits per heavy atom. The van der Waals surface area contributed by atoms with Crippen LogP contribution >= 0.6 is 11.6 Å². The van der Waals surface area contributed by atoms with E-state index in [1.807, 2.05) is 24.3 Å². The predicted octanol–water partition coefficient (Wildman–Crippen LogP) is 3.99. The van der Waals surface area contributed by atoms with E-state index >= 15 is 0 Å². The molecule has 0 aliphatic heterocycles. The van der Waals surface area contributed by atoms with Crippen LogP contribution in [-0.2, 0) is 0 Å². The number of nitrogens with zero attached hydrogens (tertiary/aromatic N) is 1. The summed E-state index contributed by atoms with van der Waals surface area (Å²) in [4.78, 5) is 12.1. The van der Waals surface area contributed by atoms with Gasteiger partial charge in [0.2, 0.25) is 0 Å². The lowest BCUT2D eigenvalue weighted by Crippen LogP contribution is -2.11. The first-order valence-corrected chi connectivity index (χ1v) is 7.30. The minimum Gasteiger partial charge on any atom is -0.497 e. The number of benzene rings is 2. The third-order valence-electron chi connectivity index (χ3n) is 3.33. The second-order valence-corrected chi connectivity index (χ2v) is 5.29. The van der Waals surface area contributed by atoms with E-state index in [-0.39, 0.29) is 5.91 Å². The number of methoxy groups -OCH3 is 1. The van der Waals surface area contributed by atoms with Gasteiger partial charge in [0.25, 0.3) is 5.91 Å². The van der Waals surface area contributed by atoms with Crippen LogP contribution in [-0.4, -0.2) is 23.2 Å². The van der Waals surface area contributed by atoms with Crippen molar-refractivity contribution in [1.82, 2.24) is 10.2 Å². The number of rotatable bonds is 4. The van der Waals surface area contributed by atoms with E-state index < -0.39 is 0 Å². The number of aromatic amines is 1. The molecule has 0 bridgehead atoms. The number of hydrogen-bond acceptors (Lipinski definition) is 3. The highest BCUT2D eigenvalue weighted by Crippen LogP contribution is 2.22. The summed E-state index contributed by atoms with van der Waals surface area (Å²) in [5.74, 6) is 0.995. The van der Waals surface area contributed by atoms with Gasteiger partial charge in [0, 0.05) is 16.7 Å². The maximum Gasteiger partial charge on any atom is 0.256 e. The normalized spacial score (nSPS) is 10.3. The highest BCUT2D eigenvalue weighted by Gasteiger charge is 2.09. The summed E-state index contributed by atoms with van der Waals surface area (Å²) in [7, 11) is 1.62. The maximum absolute atomic E-state index is 12.1. The topological polar surface area (TPSA) is 67.0 Å². The van der Waals surface area contributed by atoms with E-state index in [0.29, 0.717) is 16.4 Å². The van der Waals surface area contributed by atoms with Crippen LogP contribution in [0.4, 0.5) is 5.82 Å². The van der Waals surface area contributed by atoms with Gasteiger partial charge in [-0.05, 0) is 54.1 Å². The molecule has 1 amide bonds. The molecule has 0 saturated carbocycles. The van der Waals surface area contributed by atoms with Crippen molar-refractivity contribution in [2.75, 3.05) is 12.4 Å². The summed E-state index contributed by atoms with van der Waals surface area (Å²) < 4.78 is 5.13. The molecule has 1 heterocycles. The van der Waals surface area contributed by atoms with Crippen LogP contribution in [0.3, 0.4) is 0 Å². The van der Waals surface area contributed by atoms with Crippen molar-refractivity contribution in [3.8, 4) is 17.0 Å². The van der Waals surface area contributed by atoms with Gasteiger partial charge in [0.05, 0.1) is 12.8 Å². The van der Waals surface area contributed by atoms with Gasteiger partial charge in [0.15, 0.2) is 5.82 Å². The van der Waals surface area contributed by atoms with E-state index in [0.717, 1.165) is 17.0 Å². The number of aromatic nitrogens is 2. The quantitative estimate of drug-likeness (QED) is 0.761. The number of halogens is 1. The number of amides is 1. The molecule has 116 valence electrons. The molecule has 1 aromatic heterocycles. The van der Waals surface area contributed by atoms with Gasteiger partial charge < -0.3 is 10.1 Å². The molecule has 2 N–H and O–H groups in total. The molecule has 0 fully saturated rings. The van der Waals surface area contributed by atoms with Crippen LogP contribution in [0.1, 0.15) is 10.4 Å². The van der Waals surface area contributed by atoms with Gasteiger partial charge in [-0.25, -0.2) is 0 Å². The Labute approximate surface area is 138 Å². The molecule has 0 saturated heterocycles. The fraction of sp³-hybridized carbons (Fsp3) is 0.0588. The first-order valence-electron chi connectivity index (χ1n) is 6.92. The zero-order valence-corrected chi connectivity index (χ0v) is 13.1. The minimum atomic E-state index is -0.241. The molecule has 23 heavy (non-hydrogen) atoms. The van der Waals surface area contributed by atoms with Crippen LogP contribution in [0.15, 0.2) is 54.6 Å². The van der Waals surface area contributed by atoms with Gasteiger partial charge >= 0.3 is 0 Å². The van der Waals surface area contributed by atoms with Crippen molar-refractivity contribution in [2.24, 2.45) is 0 Å². The summed E-state index contributed by atoms with van der Waals surface area (Å²) >= 11 is 5.81. The lowest BCUT2D eigenvalue weighted by Gasteiger charge is -2.01. The fourth-order valence-electron chi connectivity index (χ4n) is 2.09. The van der Waals surface area contributed by atoms with Crippen molar-refractivity contribution in [2.45, 2.75) is 0 Å². The zero-order valence-electron chi connectivity index (χ0n) is 12.3. The molecular weight excluding hydrogens is 314 g/mol. The Kier molecular flexibility index (Phi) is 4.30. The lowest BCUT2D eigenvalue weighted by molar-refractivity contribution is 0.102. The molecule has 5 nitrogen and oxygen atoms in total. The second-order valence-electron chi connectivity index (χ2n) is 4.86. The fourth-order valence-corrected chi connectivity index (χ4v) is 2.22. The number of nitrogens with one attached hydrogen (secondary N) is 2. The lowest BCUT2D eigenvalue weighted by atomic mass is 10.1. The van der Waals surface area contributed by atoms with Gasteiger partial charge in [-0.2, -0.15) is 5.10 Å². The summed E-state index contributed by atoms with van der Waals surface area (Å²) in [6, 6.07) is 16.0. The highest BCUT2D eigenvalue weighted by atomic mass is 35.5. The number of carbonyl (C=O) groups excluding carboxylic acids is 1. The van der Waals surface area contributed by atoms with Crippen molar-refractivity contribution < 1.29 is 9.53 Å². The third kappa shape index (κ3) is 3.52. The van der Waals surface area contributed by atoms with E-state index in [1.54, 1.807) is 37.4 Å². The molecule has 0 unspecified atom stereocenters. The number of H-pyrrole nitrogens is 1. The Balaban J connectivity index is 1.73. The van der Waals surface area contributed by atoms with Gasteiger partial charge in [-0.15, -0.1) is 0 Å². The molecule has 6 heteroatoms. The molecular formula is C17H14ClN3O2. The number of hydrogen-bond donors (Lipinski definition) is 2. The minimum absolute atomic E-state index is 0.241. The summed E-state index contributed by atoms with van der Waals surface area (Å²) in [5.41, 5.74) is 2.27. The van der Waals surface area contributed by atoms with Gasteiger partial charge in [-0.3, -0.25) is 9.89 Å². The smallest absolute Gasteiger partial charge is 0.256 e. The Bertz CT molecular complexity index is 811. The maximum atomic E-state index is 12.1. The Morgan fingerprint density at radius 1 is 1.13 bits per heavy atom. The average molecular weight is 328 g/mol. The summed E-state index contributed by atoms with van der Waals surface area (Å²) in [6.45, 7) is 0. The number of anilines is 1. The first-order chi connectivity index (χ1) is 11.2. The van der Waals surface area contributed by atoms with Crippen molar-refractivity contribution in [3.63, 3.8) is 0 Å². The SMILES string of the molecule is COc1ccc(-c2cc(NC(=O)c3ccc(Cl)cc3)n[nH]2)cc1. The van der Waals surface area contributed by atoms with Crippen LogP contribution in [0.25, 0.3) is 11.3 Å².